The summed E-state index contributed by atoms with van der Waals surface area (Å²) in [7, 11) is -4.15. The van der Waals surface area contributed by atoms with Crippen LogP contribution in [0, 0.1) is 35.7 Å². The van der Waals surface area contributed by atoms with E-state index < -0.39 is 50.3 Å². The highest BCUT2D eigenvalue weighted by molar-refractivity contribution is 7.89. The first-order valence-corrected chi connectivity index (χ1v) is 14.8. The van der Waals surface area contributed by atoms with E-state index in [2.05, 4.69) is 20.2 Å². The molecule has 1 atom stereocenters. The quantitative estimate of drug-likeness (QED) is 0.117. The molecular formula is C27H33FN6O8S. The van der Waals surface area contributed by atoms with E-state index in [4.69, 9.17) is 9.88 Å². The Morgan fingerprint density at radius 1 is 1.19 bits per heavy atom. The Kier molecular flexibility index (Phi) is 10.9. The highest BCUT2D eigenvalue weighted by Crippen LogP contribution is 2.22. The number of esters is 1. The van der Waals surface area contributed by atoms with Crippen LogP contribution in [-0.2, 0) is 42.2 Å². The lowest BCUT2D eigenvalue weighted by atomic mass is 10.0. The number of carbonyl (C=O) groups is 2. The molecule has 0 aliphatic rings. The number of hydrogen-bond acceptors (Lipinski definition) is 10. The summed E-state index contributed by atoms with van der Waals surface area (Å²) in [6, 6.07) is 7.96. The number of aryl methyl sites for hydroxylation is 2. The number of ether oxygens (including phenoxy) is 1. The van der Waals surface area contributed by atoms with Crippen LogP contribution in [0.3, 0.4) is 0 Å². The average Bonchev–Trinajstić information content (AvgIpc) is 3.31. The Bertz CT molecular complexity index is 1610. The molecule has 0 bridgehead atoms. The number of nitrogens with two attached hydrogens (primary N) is 1. The fourth-order valence-electron chi connectivity index (χ4n) is 4.10. The van der Waals surface area contributed by atoms with Gasteiger partial charge in [-0.15, -0.1) is 15.2 Å². The van der Waals surface area contributed by atoms with Crippen molar-refractivity contribution in [3.05, 3.63) is 80.7 Å². The second kappa shape index (κ2) is 14.2. The molecule has 1 amide bonds. The molecular weight excluding hydrogens is 587 g/mol. The minimum Gasteiger partial charge on any atom is -0.456 e. The van der Waals surface area contributed by atoms with E-state index in [9.17, 15) is 28.1 Å². The topological polar surface area (TPSA) is 199 Å². The Morgan fingerprint density at radius 2 is 1.91 bits per heavy atom. The van der Waals surface area contributed by atoms with Crippen LogP contribution in [0.5, 0.6) is 0 Å². The van der Waals surface area contributed by atoms with E-state index in [1.165, 1.54) is 10.7 Å². The van der Waals surface area contributed by atoms with Crippen molar-refractivity contribution in [2.75, 3.05) is 6.61 Å². The van der Waals surface area contributed by atoms with E-state index in [-0.39, 0.29) is 43.3 Å². The van der Waals surface area contributed by atoms with Gasteiger partial charge in [0.25, 0.3) is 5.09 Å². The van der Waals surface area contributed by atoms with Crippen LogP contribution in [-0.4, -0.2) is 52.8 Å². The molecule has 14 nitrogen and oxygen atoms in total. The highest BCUT2D eigenvalue weighted by atomic mass is 32.2. The lowest BCUT2D eigenvalue weighted by molar-refractivity contribution is -0.757. The molecule has 1 aromatic heterocycles. The molecule has 0 fully saturated rings. The van der Waals surface area contributed by atoms with Gasteiger partial charge in [-0.05, 0) is 55.5 Å². The van der Waals surface area contributed by atoms with Crippen LogP contribution in [0.4, 0.5) is 4.39 Å². The summed E-state index contributed by atoms with van der Waals surface area (Å²) in [4.78, 5) is 43.7. The number of carbonyl (C=O) groups excluding carboxylic acids is 2. The molecule has 3 N–H and O–H groups in total. The first kappa shape index (κ1) is 33.1. The molecule has 0 unspecified atom stereocenters. The van der Waals surface area contributed by atoms with E-state index in [0.717, 1.165) is 28.8 Å². The lowest BCUT2D eigenvalue weighted by Crippen LogP contribution is -2.45. The van der Waals surface area contributed by atoms with Crippen molar-refractivity contribution >= 4 is 21.9 Å². The number of aromatic nitrogens is 3. The van der Waals surface area contributed by atoms with Gasteiger partial charge in [0.15, 0.2) is 12.4 Å². The van der Waals surface area contributed by atoms with Crippen molar-refractivity contribution in [2.24, 2.45) is 11.1 Å². The van der Waals surface area contributed by atoms with Gasteiger partial charge in [0.05, 0.1) is 11.5 Å². The van der Waals surface area contributed by atoms with Crippen molar-refractivity contribution in [2.45, 2.75) is 64.5 Å². The number of nitrogens with zero attached hydrogens (tertiary/aromatic N) is 4. The normalized spacial score (nSPS) is 12.2. The van der Waals surface area contributed by atoms with Crippen LogP contribution < -0.4 is 10.5 Å². The van der Waals surface area contributed by atoms with Gasteiger partial charge < -0.3 is 14.9 Å². The Hall–Kier alpha value is -4.44. The van der Waals surface area contributed by atoms with Crippen molar-refractivity contribution in [3.8, 4) is 5.69 Å². The van der Waals surface area contributed by atoms with Crippen LogP contribution in [0.15, 0.2) is 41.3 Å². The smallest absolute Gasteiger partial charge is 0.329 e. The third kappa shape index (κ3) is 9.27. The predicted octanol–water partition coefficient (Wildman–Crippen LogP) is 2.43. The highest BCUT2D eigenvalue weighted by Gasteiger charge is 2.27. The third-order valence-corrected chi connectivity index (χ3v) is 7.28. The van der Waals surface area contributed by atoms with Crippen LogP contribution in [0.1, 0.15) is 55.0 Å². The summed E-state index contributed by atoms with van der Waals surface area (Å²) in [6.07, 6.45) is 0.204. The summed E-state index contributed by atoms with van der Waals surface area (Å²) in [5, 5.41) is 21.3. The molecule has 16 heteroatoms. The molecule has 0 saturated carbocycles. The van der Waals surface area contributed by atoms with Crippen molar-refractivity contribution in [3.63, 3.8) is 0 Å². The fraction of sp³-hybridized carbons (Fsp3) is 0.407. The molecule has 0 saturated heterocycles. The maximum atomic E-state index is 15.1. The number of benzene rings is 2. The zero-order valence-electron chi connectivity index (χ0n) is 24.1. The van der Waals surface area contributed by atoms with Crippen LogP contribution in [0.2, 0.25) is 0 Å². The first-order valence-electron chi connectivity index (χ1n) is 13.2. The number of rotatable bonds is 14. The number of hydrogen-bond donors (Lipinski definition) is 2. The number of amides is 1. The zero-order chi connectivity index (χ0) is 31.9. The predicted molar refractivity (Wildman–Crippen MR) is 150 cm³/mol. The molecule has 0 radical (unpaired) electrons. The van der Waals surface area contributed by atoms with Crippen molar-refractivity contribution in [1.29, 1.82) is 0 Å². The summed E-state index contributed by atoms with van der Waals surface area (Å²) in [5.41, 5.74) is 2.76. The van der Waals surface area contributed by atoms with Crippen LogP contribution in [0.25, 0.3) is 5.69 Å². The van der Waals surface area contributed by atoms with Gasteiger partial charge >= 0.3 is 5.97 Å². The van der Waals surface area contributed by atoms with Crippen molar-refractivity contribution in [1.82, 2.24) is 20.1 Å². The summed E-state index contributed by atoms with van der Waals surface area (Å²) in [6.45, 7) is 6.57. The third-order valence-electron chi connectivity index (χ3n) is 6.37. The SMILES string of the molecule is Cc1ccc(C)c(Cc2nc(COC(=O)[C@@H](NC(=O)CCCO[N+](=O)[O-])C(C)C)nn2-c2ccc(S(N)(=O)=O)cc2F)c1. The Morgan fingerprint density at radius 3 is 2.53 bits per heavy atom. The van der Waals surface area contributed by atoms with Gasteiger partial charge in [-0.25, -0.2) is 32.4 Å². The van der Waals surface area contributed by atoms with Gasteiger partial charge in [0, 0.05) is 12.8 Å². The number of nitrogens with one attached hydrogen (secondary N) is 1. The molecule has 0 aliphatic heterocycles. The standard InChI is InChI=1S/C27H33FN6O8S/c1-16(2)26(31-25(35)6-5-11-42-34(37)38)27(36)41-15-23-30-24(13-19-12-17(3)7-8-18(19)4)33(32-23)22-10-9-20(14-21(22)28)43(29,39)40/h7-10,12,14,16,26H,5-6,11,13,15H2,1-4H3,(H,31,35)(H2,29,39,40)/t26-/m0/s1. The first-order chi connectivity index (χ1) is 20.1. The molecule has 3 rings (SSSR count). The Balaban J connectivity index is 1.83. The van der Waals surface area contributed by atoms with Crippen LogP contribution >= 0.6 is 0 Å². The maximum absolute atomic E-state index is 15.1. The van der Waals surface area contributed by atoms with Gasteiger partial charge in [0.2, 0.25) is 15.9 Å². The van der Waals surface area contributed by atoms with E-state index >= 15 is 4.39 Å². The lowest BCUT2D eigenvalue weighted by Gasteiger charge is -2.20. The second-order valence-electron chi connectivity index (χ2n) is 10.2. The monoisotopic (exact) mass is 620 g/mol. The minimum absolute atomic E-state index is 0.0364. The molecule has 43 heavy (non-hydrogen) atoms. The zero-order valence-corrected chi connectivity index (χ0v) is 24.9. The summed E-state index contributed by atoms with van der Waals surface area (Å²) < 4.78 is 45.1. The maximum Gasteiger partial charge on any atom is 0.329 e. The van der Waals surface area contributed by atoms with Gasteiger partial charge in [-0.3, -0.25) is 4.79 Å². The summed E-state index contributed by atoms with van der Waals surface area (Å²) in [5.74, 6) is -2.21. The van der Waals surface area contributed by atoms with E-state index in [0.29, 0.717) is 5.82 Å². The average molecular weight is 621 g/mol. The second-order valence-corrected chi connectivity index (χ2v) is 11.7. The molecule has 0 spiro atoms. The van der Waals surface area contributed by atoms with Gasteiger partial charge in [0.1, 0.15) is 23.4 Å². The summed E-state index contributed by atoms with van der Waals surface area (Å²) >= 11 is 0. The van der Waals surface area contributed by atoms with Gasteiger partial charge in [-0.1, -0.05) is 37.6 Å². The molecule has 2 aromatic carbocycles. The van der Waals surface area contributed by atoms with Gasteiger partial charge in [-0.2, -0.15) is 0 Å². The minimum atomic E-state index is -4.15. The van der Waals surface area contributed by atoms with Crippen molar-refractivity contribution < 1.29 is 37.1 Å². The van der Waals surface area contributed by atoms with E-state index in [1.807, 2.05) is 32.0 Å². The van der Waals surface area contributed by atoms with E-state index in [1.54, 1.807) is 13.8 Å². The fourth-order valence-corrected chi connectivity index (χ4v) is 4.62. The number of halogens is 1. The molecule has 232 valence electrons. The largest absolute Gasteiger partial charge is 0.456 e. The molecule has 1 heterocycles. The number of sulfonamides is 1. The number of primary sulfonamides is 1. The molecule has 3 aromatic rings. The Labute approximate surface area is 247 Å². The molecule has 0 aliphatic carbocycles.